The van der Waals surface area contributed by atoms with Gasteiger partial charge in [0.25, 0.3) is 0 Å². The number of aryl methyl sites for hydroxylation is 1. The van der Waals surface area contributed by atoms with E-state index >= 15 is 0 Å². The van der Waals surface area contributed by atoms with Gasteiger partial charge in [0.15, 0.2) is 0 Å². The van der Waals surface area contributed by atoms with Crippen molar-refractivity contribution in [2.75, 3.05) is 7.11 Å². The second-order valence-corrected chi connectivity index (χ2v) is 4.64. The lowest BCUT2D eigenvalue weighted by atomic mass is 10.3. The summed E-state index contributed by atoms with van der Waals surface area (Å²) in [4.78, 5) is 14.4. The highest BCUT2D eigenvalue weighted by Gasteiger charge is 2.17. The molecule has 0 bridgehead atoms. The highest BCUT2D eigenvalue weighted by Crippen LogP contribution is 2.33. The minimum atomic E-state index is -0.321. The van der Waals surface area contributed by atoms with Crippen LogP contribution in [0.3, 0.4) is 0 Å². The quantitative estimate of drug-likeness (QED) is 0.805. The molecule has 0 fully saturated rings. The number of rotatable bonds is 1. The minimum absolute atomic E-state index is 0.321. The van der Waals surface area contributed by atoms with Crippen molar-refractivity contribution < 1.29 is 9.53 Å². The second kappa shape index (κ2) is 5.50. The van der Waals surface area contributed by atoms with Crippen molar-refractivity contribution in [1.82, 2.24) is 4.98 Å². The van der Waals surface area contributed by atoms with Gasteiger partial charge >= 0.3 is 5.97 Å². The van der Waals surface area contributed by atoms with Gasteiger partial charge in [0.2, 0.25) is 0 Å². The topological polar surface area (TPSA) is 42.1 Å². The fourth-order valence-electron chi connectivity index (χ4n) is 1.37. The van der Waals surface area contributed by atoms with Crippen molar-refractivity contribution in [3.8, 4) is 0 Å². The first kappa shape index (κ1) is 13.3. The average molecular weight is 304 g/mol. The van der Waals surface area contributed by atoms with Crippen molar-refractivity contribution in [3.05, 3.63) is 21.1 Å². The molecule has 2 aromatic heterocycles. The van der Waals surface area contributed by atoms with Crippen LogP contribution in [0.4, 0.5) is 0 Å². The van der Waals surface area contributed by atoms with E-state index in [1.54, 1.807) is 11.3 Å². The summed E-state index contributed by atoms with van der Waals surface area (Å²) in [5.74, 6) is -0.321. The molecule has 0 aliphatic rings. The van der Waals surface area contributed by atoms with Crippen LogP contribution in [0.25, 0.3) is 10.2 Å². The Hall–Kier alpha value is -0.810. The van der Waals surface area contributed by atoms with E-state index in [9.17, 15) is 4.79 Å². The molecule has 2 heterocycles. The van der Waals surface area contributed by atoms with Crippen molar-refractivity contribution in [1.29, 1.82) is 0 Å². The van der Waals surface area contributed by atoms with Gasteiger partial charge in [0, 0.05) is 5.38 Å². The third kappa shape index (κ3) is 2.15. The second-order valence-electron chi connectivity index (χ2n) is 2.90. The molecule has 0 aromatic carbocycles. The monoisotopic (exact) mass is 303 g/mol. The molecule has 0 saturated heterocycles. The fraction of sp³-hybridized carbons (Fsp3) is 0.364. The molecule has 88 valence electrons. The summed E-state index contributed by atoms with van der Waals surface area (Å²) >= 11 is 5.02. The van der Waals surface area contributed by atoms with Gasteiger partial charge in [-0.1, -0.05) is 13.8 Å². The Balaban J connectivity index is 0.000000606. The van der Waals surface area contributed by atoms with E-state index in [0.29, 0.717) is 5.69 Å². The van der Waals surface area contributed by atoms with Gasteiger partial charge in [-0.3, -0.25) is 0 Å². The molecule has 3 nitrogen and oxygen atoms in total. The van der Waals surface area contributed by atoms with Crippen molar-refractivity contribution in [2.45, 2.75) is 20.8 Å². The Labute approximate surface area is 107 Å². The minimum Gasteiger partial charge on any atom is -0.464 e. The zero-order chi connectivity index (χ0) is 12.3. The normalized spacial score (nSPS) is 9.81. The third-order valence-corrected chi connectivity index (χ3v) is 4.13. The van der Waals surface area contributed by atoms with Crippen molar-refractivity contribution >= 4 is 43.5 Å². The maximum absolute atomic E-state index is 11.3. The maximum atomic E-state index is 11.3. The van der Waals surface area contributed by atoms with Crippen LogP contribution in [0.5, 0.6) is 0 Å². The predicted molar refractivity (Wildman–Crippen MR) is 71.3 cm³/mol. The van der Waals surface area contributed by atoms with Crippen LogP contribution in [0.15, 0.2) is 9.85 Å². The van der Waals surface area contributed by atoms with Crippen LogP contribution in [0.2, 0.25) is 0 Å². The summed E-state index contributed by atoms with van der Waals surface area (Å²) in [6.45, 7) is 5.91. The third-order valence-electron chi connectivity index (χ3n) is 2.10. The number of H-pyrrole nitrogens is 1. The van der Waals surface area contributed by atoms with Gasteiger partial charge < -0.3 is 9.72 Å². The summed E-state index contributed by atoms with van der Waals surface area (Å²) in [6.07, 6.45) is 0. The van der Waals surface area contributed by atoms with Crippen molar-refractivity contribution in [3.63, 3.8) is 0 Å². The molecule has 0 saturated carbocycles. The van der Waals surface area contributed by atoms with E-state index in [2.05, 4.69) is 25.7 Å². The number of aromatic nitrogens is 1. The van der Waals surface area contributed by atoms with E-state index < -0.39 is 0 Å². The summed E-state index contributed by atoms with van der Waals surface area (Å²) in [7, 11) is 1.38. The fourth-order valence-corrected chi connectivity index (χ4v) is 2.97. The zero-order valence-corrected chi connectivity index (χ0v) is 12.1. The number of fused-ring (bicyclic) bond motifs is 1. The molecule has 1 N–H and O–H groups in total. The number of halogens is 1. The van der Waals surface area contributed by atoms with Gasteiger partial charge in [-0.25, -0.2) is 4.79 Å². The van der Waals surface area contributed by atoms with Crippen molar-refractivity contribution in [2.24, 2.45) is 0 Å². The Morgan fingerprint density at radius 2 is 2.12 bits per heavy atom. The predicted octanol–water partition coefficient (Wildman–Crippen LogP) is 4.11. The van der Waals surface area contributed by atoms with Crippen LogP contribution in [-0.4, -0.2) is 18.1 Å². The molecule has 5 heteroatoms. The summed E-state index contributed by atoms with van der Waals surface area (Å²) in [5.41, 5.74) is 2.45. The highest BCUT2D eigenvalue weighted by molar-refractivity contribution is 9.10. The van der Waals surface area contributed by atoms with E-state index in [4.69, 9.17) is 0 Å². The zero-order valence-electron chi connectivity index (χ0n) is 9.68. The van der Waals surface area contributed by atoms with Gasteiger partial charge in [0.1, 0.15) is 5.69 Å². The van der Waals surface area contributed by atoms with E-state index in [1.807, 2.05) is 26.2 Å². The largest absolute Gasteiger partial charge is 0.464 e. The Bertz CT molecular complexity index is 501. The lowest BCUT2D eigenvalue weighted by molar-refractivity contribution is 0.0594. The number of hydrogen-bond acceptors (Lipinski definition) is 3. The smallest absolute Gasteiger partial charge is 0.354 e. The molecule has 0 aliphatic heterocycles. The molecule has 2 rings (SSSR count). The summed E-state index contributed by atoms with van der Waals surface area (Å²) in [6, 6.07) is 0. The van der Waals surface area contributed by atoms with E-state index in [-0.39, 0.29) is 5.97 Å². The van der Waals surface area contributed by atoms with Gasteiger partial charge in [-0.2, -0.15) is 0 Å². The van der Waals surface area contributed by atoms with Crippen LogP contribution < -0.4 is 0 Å². The first-order valence-corrected chi connectivity index (χ1v) is 6.66. The first-order chi connectivity index (χ1) is 7.65. The molecular weight excluding hydrogens is 290 g/mol. The van der Waals surface area contributed by atoms with E-state index in [0.717, 1.165) is 20.3 Å². The van der Waals surface area contributed by atoms with Crippen LogP contribution in [0, 0.1) is 6.92 Å². The van der Waals surface area contributed by atoms with E-state index in [1.165, 1.54) is 7.11 Å². The highest BCUT2D eigenvalue weighted by atomic mass is 79.9. The number of carbonyl (C=O) groups excluding carboxylic acids is 1. The van der Waals surface area contributed by atoms with Gasteiger partial charge in [-0.15, -0.1) is 11.3 Å². The first-order valence-electron chi connectivity index (χ1n) is 4.98. The number of esters is 1. The molecule has 16 heavy (non-hydrogen) atoms. The Kier molecular flexibility index (Phi) is 4.56. The Morgan fingerprint density at radius 1 is 1.50 bits per heavy atom. The van der Waals surface area contributed by atoms with Crippen LogP contribution in [0.1, 0.15) is 29.9 Å². The number of methoxy groups -OCH3 is 1. The molecule has 0 atom stereocenters. The summed E-state index contributed by atoms with van der Waals surface area (Å²) < 4.78 is 6.75. The number of thiophene rings is 1. The molecular formula is C11H14BrNO2S. The maximum Gasteiger partial charge on any atom is 0.354 e. The number of nitrogens with one attached hydrogen (secondary N) is 1. The molecule has 0 amide bonds. The van der Waals surface area contributed by atoms with Gasteiger partial charge in [-0.05, 0) is 28.4 Å². The lowest BCUT2D eigenvalue weighted by Gasteiger charge is -1.96. The standard InChI is InChI=1S/C9H8BrNO2S.C2H6/c1-4-6(9(12)13-2)11-7-5(10)3-14-8(4)7;1-2/h3,11H,1-2H3;1-2H3. The Morgan fingerprint density at radius 3 is 2.62 bits per heavy atom. The van der Waals surface area contributed by atoms with Gasteiger partial charge in [0.05, 0.1) is 21.8 Å². The van der Waals surface area contributed by atoms with Crippen LogP contribution in [-0.2, 0) is 4.74 Å². The molecule has 0 aliphatic carbocycles. The number of hydrogen-bond donors (Lipinski definition) is 1. The molecule has 0 spiro atoms. The lowest BCUT2D eigenvalue weighted by Crippen LogP contribution is -2.03. The number of ether oxygens (including phenoxy) is 1. The summed E-state index contributed by atoms with van der Waals surface area (Å²) in [5, 5.41) is 2.00. The molecule has 0 radical (unpaired) electrons. The SMILES string of the molecule is CC.COC(=O)c1[nH]c2c(Br)csc2c1C. The molecule has 0 unspecified atom stereocenters. The number of aromatic amines is 1. The van der Waals surface area contributed by atoms with Crippen LogP contribution >= 0.6 is 27.3 Å². The number of carbonyl (C=O) groups is 1. The average Bonchev–Trinajstić information content (AvgIpc) is 2.83. The molecule has 2 aromatic rings.